The number of aromatic nitrogens is 2. The fourth-order valence-electron chi connectivity index (χ4n) is 2.87. The van der Waals surface area contributed by atoms with E-state index in [1.54, 1.807) is 17.5 Å². The van der Waals surface area contributed by atoms with Crippen LogP contribution in [0, 0.1) is 0 Å². The van der Waals surface area contributed by atoms with Gasteiger partial charge in [0.1, 0.15) is 0 Å². The van der Waals surface area contributed by atoms with Crippen molar-refractivity contribution in [3.05, 3.63) is 58.2 Å². The summed E-state index contributed by atoms with van der Waals surface area (Å²) in [6, 6.07) is 8.06. The van der Waals surface area contributed by atoms with Crippen molar-refractivity contribution < 1.29 is 4.79 Å². The predicted octanol–water partition coefficient (Wildman–Crippen LogP) is 2.82. The average Bonchev–Trinajstić information content (AvgIpc) is 3.05. The molecule has 5 heteroatoms. The van der Waals surface area contributed by atoms with Gasteiger partial charge in [0.15, 0.2) is 0 Å². The van der Waals surface area contributed by atoms with Crippen LogP contribution >= 0.6 is 11.3 Å². The van der Waals surface area contributed by atoms with Crippen LogP contribution in [0.4, 0.5) is 0 Å². The Labute approximate surface area is 132 Å². The summed E-state index contributed by atoms with van der Waals surface area (Å²) in [4.78, 5) is 24.4. The predicted molar refractivity (Wildman–Crippen MR) is 86.7 cm³/mol. The SMILES string of the molecule is O=C(Cc1cccs1)N1CCc2nc3ccncc3cc2C1. The zero-order valence-electron chi connectivity index (χ0n) is 12.0. The molecule has 3 aromatic rings. The highest BCUT2D eigenvalue weighted by atomic mass is 32.1. The molecule has 0 spiro atoms. The van der Waals surface area contributed by atoms with Crippen molar-refractivity contribution in [2.24, 2.45) is 0 Å². The van der Waals surface area contributed by atoms with Crippen molar-refractivity contribution in [3.63, 3.8) is 0 Å². The van der Waals surface area contributed by atoms with E-state index < -0.39 is 0 Å². The second-order valence-corrected chi connectivity index (χ2v) is 6.52. The molecule has 1 amide bonds. The number of hydrogen-bond acceptors (Lipinski definition) is 4. The molecule has 0 aliphatic carbocycles. The Hall–Kier alpha value is -2.27. The Balaban J connectivity index is 1.58. The third-order valence-corrected chi connectivity index (χ3v) is 4.90. The van der Waals surface area contributed by atoms with Crippen LogP contribution in [0.2, 0.25) is 0 Å². The molecule has 0 saturated carbocycles. The van der Waals surface area contributed by atoms with E-state index in [2.05, 4.69) is 11.1 Å². The van der Waals surface area contributed by atoms with Gasteiger partial charge in [0, 0.05) is 47.9 Å². The zero-order chi connectivity index (χ0) is 14.9. The maximum absolute atomic E-state index is 12.4. The zero-order valence-corrected chi connectivity index (χ0v) is 12.8. The number of carbonyl (C=O) groups excluding carboxylic acids is 1. The third kappa shape index (κ3) is 2.48. The van der Waals surface area contributed by atoms with Crippen molar-refractivity contribution in [1.82, 2.24) is 14.9 Å². The maximum Gasteiger partial charge on any atom is 0.228 e. The van der Waals surface area contributed by atoms with Gasteiger partial charge < -0.3 is 4.90 Å². The highest BCUT2D eigenvalue weighted by Gasteiger charge is 2.22. The first-order valence-corrected chi connectivity index (χ1v) is 8.20. The smallest absolute Gasteiger partial charge is 0.228 e. The lowest BCUT2D eigenvalue weighted by Gasteiger charge is -2.28. The molecule has 0 aromatic carbocycles. The van der Waals surface area contributed by atoms with Crippen LogP contribution in [0.5, 0.6) is 0 Å². The first-order valence-electron chi connectivity index (χ1n) is 7.32. The molecule has 22 heavy (non-hydrogen) atoms. The fraction of sp³-hybridized carbons (Fsp3) is 0.235. The van der Waals surface area contributed by atoms with E-state index in [0.717, 1.165) is 40.0 Å². The van der Waals surface area contributed by atoms with Gasteiger partial charge >= 0.3 is 0 Å². The quantitative estimate of drug-likeness (QED) is 0.731. The van der Waals surface area contributed by atoms with Gasteiger partial charge in [-0.2, -0.15) is 0 Å². The topological polar surface area (TPSA) is 46.1 Å². The van der Waals surface area contributed by atoms with Crippen molar-refractivity contribution in [2.45, 2.75) is 19.4 Å². The van der Waals surface area contributed by atoms with Gasteiger partial charge in [-0.15, -0.1) is 11.3 Å². The summed E-state index contributed by atoms with van der Waals surface area (Å²) >= 11 is 1.63. The molecular weight excluding hydrogens is 294 g/mol. The number of fused-ring (bicyclic) bond motifs is 2. The Morgan fingerprint density at radius 3 is 3.18 bits per heavy atom. The van der Waals surface area contributed by atoms with Crippen molar-refractivity contribution >= 4 is 28.1 Å². The lowest BCUT2D eigenvalue weighted by molar-refractivity contribution is -0.131. The van der Waals surface area contributed by atoms with E-state index in [9.17, 15) is 4.79 Å². The van der Waals surface area contributed by atoms with E-state index in [1.165, 1.54) is 0 Å². The number of thiophene rings is 1. The molecule has 0 unspecified atom stereocenters. The molecule has 0 saturated heterocycles. The lowest BCUT2D eigenvalue weighted by atomic mass is 10.0. The third-order valence-electron chi connectivity index (χ3n) is 4.02. The summed E-state index contributed by atoms with van der Waals surface area (Å²) in [7, 11) is 0. The van der Waals surface area contributed by atoms with Gasteiger partial charge in [0.2, 0.25) is 5.91 Å². The second-order valence-electron chi connectivity index (χ2n) is 5.48. The van der Waals surface area contributed by atoms with Gasteiger partial charge in [0.25, 0.3) is 0 Å². The van der Waals surface area contributed by atoms with Crippen LogP contribution in [-0.2, 0) is 24.2 Å². The van der Waals surface area contributed by atoms with E-state index in [0.29, 0.717) is 13.0 Å². The summed E-state index contributed by atoms with van der Waals surface area (Å²) in [5.41, 5.74) is 3.23. The number of nitrogens with zero attached hydrogens (tertiary/aromatic N) is 3. The maximum atomic E-state index is 12.4. The molecule has 0 N–H and O–H groups in total. The van der Waals surface area contributed by atoms with Crippen LogP contribution in [0.3, 0.4) is 0 Å². The molecule has 0 atom stereocenters. The first kappa shape index (κ1) is 13.4. The highest BCUT2D eigenvalue weighted by molar-refractivity contribution is 7.10. The van der Waals surface area contributed by atoms with Crippen LogP contribution in [0.25, 0.3) is 10.9 Å². The standard InChI is InChI=1S/C17H15N3OS/c21-17(9-14-2-1-7-22-14)20-6-4-16-13(11-20)8-12-10-18-5-3-15(12)19-16/h1-3,5,7-8,10H,4,6,9,11H2. The van der Waals surface area contributed by atoms with E-state index >= 15 is 0 Å². The van der Waals surface area contributed by atoms with Crippen LogP contribution < -0.4 is 0 Å². The summed E-state index contributed by atoms with van der Waals surface area (Å²) in [5.74, 6) is 0.194. The Morgan fingerprint density at radius 1 is 1.36 bits per heavy atom. The van der Waals surface area contributed by atoms with Gasteiger partial charge in [-0.05, 0) is 29.1 Å². The molecule has 0 fully saturated rings. The summed E-state index contributed by atoms with van der Waals surface area (Å²) in [6.45, 7) is 1.40. The van der Waals surface area contributed by atoms with Gasteiger partial charge in [0.05, 0.1) is 11.9 Å². The normalized spacial score (nSPS) is 14.1. The Morgan fingerprint density at radius 2 is 2.32 bits per heavy atom. The van der Waals surface area contributed by atoms with E-state index in [4.69, 9.17) is 4.98 Å². The summed E-state index contributed by atoms with van der Waals surface area (Å²) < 4.78 is 0. The Kier molecular flexibility index (Phi) is 3.35. The Bertz CT molecular complexity index is 829. The first-order chi connectivity index (χ1) is 10.8. The number of rotatable bonds is 2. The summed E-state index contributed by atoms with van der Waals surface area (Å²) in [5, 5.41) is 3.05. The molecule has 1 aliphatic rings. The van der Waals surface area contributed by atoms with Crippen molar-refractivity contribution in [2.75, 3.05) is 6.54 Å². The van der Waals surface area contributed by atoms with E-state index in [1.807, 2.05) is 34.7 Å². The number of hydrogen-bond donors (Lipinski definition) is 0. The van der Waals surface area contributed by atoms with Gasteiger partial charge in [-0.3, -0.25) is 14.8 Å². The molecule has 0 bridgehead atoms. The minimum atomic E-state index is 0.194. The summed E-state index contributed by atoms with van der Waals surface area (Å²) in [6.07, 6.45) is 4.91. The number of pyridine rings is 2. The minimum Gasteiger partial charge on any atom is -0.338 e. The molecule has 0 radical (unpaired) electrons. The van der Waals surface area contributed by atoms with E-state index in [-0.39, 0.29) is 5.91 Å². The van der Waals surface area contributed by atoms with Crippen molar-refractivity contribution in [1.29, 1.82) is 0 Å². The van der Waals surface area contributed by atoms with Crippen LogP contribution in [0.15, 0.2) is 42.0 Å². The van der Waals surface area contributed by atoms with Crippen molar-refractivity contribution in [3.8, 4) is 0 Å². The fourth-order valence-corrected chi connectivity index (χ4v) is 3.56. The van der Waals surface area contributed by atoms with Crippen LogP contribution in [-0.4, -0.2) is 27.3 Å². The van der Waals surface area contributed by atoms with Gasteiger partial charge in [-0.25, -0.2) is 0 Å². The number of amides is 1. The molecule has 4 rings (SSSR count). The highest BCUT2D eigenvalue weighted by Crippen LogP contribution is 2.22. The number of carbonyl (C=O) groups is 1. The molecule has 110 valence electrons. The van der Waals surface area contributed by atoms with Crippen LogP contribution in [0.1, 0.15) is 16.1 Å². The largest absolute Gasteiger partial charge is 0.338 e. The second kappa shape index (κ2) is 5.50. The molecular formula is C17H15N3OS. The molecule has 1 aliphatic heterocycles. The molecule has 4 nitrogen and oxygen atoms in total. The molecule has 3 aromatic heterocycles. The molecule has 4 heterocycles. The average molecular weight is 309 g/mol. The monoisotopic (exact) mass is 309 g/mol. The minimum absolute atomic E-state index is 0.194. The van der Waals surface area contributed by atoms with Gasteiger partial charge in [-0.1, -0.05) is 6.07 Å². The lowest BCUT2D eigenvalue weighted by Crippen LogP contribution is -2.37.